The molecule has 1 rings (SSSR count). The molecule has 1 atom stereocenters. The molecule has 0 radical (unpaired) electrons. The molecule has 0 aromatic carbocycles. The minimum Gasteiger partial charge on any atom is -0.383 e. The molecule has 1 aliphatic rings. The highest BCUT2D eigenvalue weighted by atomic mass is 16.3. The first kappa shape index (κ1) is 12.0. The second-order valence-electron chi connectivity index (χ2n) is 4.16. The fourth-order valence-corrected chi connectivity index (χ4v) is 1.52. The Hall–Kier alpha value is -1.10. The first-order valence-corrected chi connectivity index (χ1v) is 5.22. The van der Waals surface area contributed by atoms with Crippen LogP contribution in [0.25, 0.3) is 0 Å². The number of aliphatic hydroxyl groups is 1. The lowest BCUT2D eigenvalue weighted by Crippen LogP contribution is -2.51. The molecule has 1 unspecified atom stereocenters. The molecule has 86 valence electrons. The molecule has 15 heavy (non-hydrogen) atoms. The van der Waals surface area contributed by atoms with Crippen LogP contribution in [0.4, 0.5) is 0 Å². The number of carbonyl (C=O) groups excluding carboxylic acids is 2. The zero-order chi connectivity index (χ0) is 11.4. The zero-order valence-corrected chi connectivity index (χ0v) is 9.22. The molecule has 0 bridgehead atoms. The first-order chi connectivity index (χ1) is 7.06. The molecule has 0 spiro atoms. The lowest BCUT2D eigenvalue weighted by molar-refractivity contribution is -0.145. The predicted octanol–water partition coefficient (Wildman–Crippen LogP) is -0.696. The van der Waals surface area contributed by atoms with Crippen LogP contribution >= 0.6 is 0 Å². The van der Waals surface area contributed by atoms with Gasteiger partial charge in [0.25, 0.3) is 5.91 Å². The van der Waals surface area contributed by atoms with E-state index in [9.17, 15) is 14.7 Å². The maximum atomic E-state index is 11.7. The van der Waals surface area contributed by atoms with E-state index in [0.29, 0.717) is 26.2 Å². The Balaban J connectivity index is 2.46. The van der Waals surface area contributed by atoms with E-state index in [-0.39, 0.29) is 11.8 Å². The fourth-order valence-electron chi connectivity index (χ4n) is 1.52. The van der Waals surface area contributed by atoms with E-state index in [1.807, 2.05) is 13.8 Å². The largest absolute Gasteiger partial charge is 0.383 e. The third-order valence-corrected chi connectivity index (χ3v) is 2.66. The van der Waals surface area contributed by atoms with Gasteiger partial charge in [0.2, 0.25) is 6.41 Å². The van der Waals surface area contributed by atoms with Crippen LogP contribution in [0, 0.1) is 5.92 Å². The Morgan fingerprint density at radius 1 is 1.27 bits per heavy atom. The molecular weight excluding hydrogens is 196 g/mol. The summed E-state index contributed by atoms with van der Waals surface area (Å²) in [5.74, 6) is -0.294. The summed E-state index contributed by atoms with van der Waals surface area (Å²) in [6, 6.07) is 0. The van der Waals surface area contributed by atoms with E-state index in [0.717, 1.165) is 6.41 Å². The third-order valence-electron chi connectivity index (χ3n) is 2.66. The molecule has 0 aromatic heterocycles. The van der Waals surface area contributed by atoms with E-state index < -0.39 is 6.10 Å². The number of hydrogen-bond donors (Lipinski definition) is 1. The van der Waals surface area contributed by atoms with Crippen LogP contribution in [0.3, 0.4) is 0 Å². The molecule has 1 saturated heterocycles. The lowest BCUT2D eigenvalue weighted by Gasteiger charge is -2.34. The Kier molecular flexibility index (Phi) is 4.08. The van der Waals surface area contributed by atoms with Crippen LogP contribution in [0.2, 0.25) is 0 Å². The molecule has 1 heterocycles. The van der Waals surface area contributed by atoms with Crippen LogP contribution in [0.15, 0.2) is 0 Å². The van der Waals surface area contributed by atoms with Gasteiger partial charge in [-0.15, -0.1) is 0 Å². The Bertz CT molecular complexity index is 235. The monoisotopic (exact) mass is 214 g/mol. The summed E-state index contributed by atoms with van der Waals surface area (Å²) < 4.78 is 0. The molecule has 5 heteroatoms. The zero-order valence-electron chi connectivity index (χ0n) is 9.22. The Morgan fingerprint density at radius 3 is 2.20 bits per heavy atom. The maximum absolute atomic E-state index is 11.7. The van der Waals surface area contributed by atoms with Crippen molar-refractivity contribution in [2.24, 2.45) is 5.92 Å². The van der Waals surface area contributed by atoms with Crippen molar-refractivity contribution >= 4 is 12.3 Å². The highest BCUT2D eigenvalue weighted by Crippen LogP contribution is 2.08. The van der Waals surface area contributed by atoms with Crippen molar-refractivity contribution < 1.29 is 14.7 Å². The average Bonchev–Trinajstić information content (AvgIpc) is 2.27. The topological polar surface area (TPSA) is 60.9 Å². The molecule has 0 saturated carbocycles. The van der Waals surface area contributed by atoms with E-state index in [4.69, 9.17) is 0 Å². The Morgan fingerprint density at radius 2 is 1.80 bits per heavy atom. The van der Waals surface area contributed by atoms with E-state index in [2.05, 4.69) is 0 Å². The van der Waals surface area contributed by atoms with Gasteiger partial charge in [-0.25, -0.2) is 0 Å². The average molecular weight is 214 g/mol. The summed E-state index contributed by atoms with van der Waals surface area (Å²) in [6.07, 6.45) is -0.131. The van der Waals surface area contributed by atoms with Gasteiger partial charge in [0, 0.05) is 26.2 Å². The Labute approximate surface area is 89.7 Å². The summed E-state index contributed by atoms with van der Waals surface area (Å²) in [5.41, 5.74) is 0. The number of carbonyl (C=O) groups is 2. The van der Waals surface area contributed by atoms with Crippen LogP contribution < -0.4 is 0 Å². The first-order valence-electron chi connectivity index (χ1n) is 5.22. The van der Waals surface area contributed by atoms with Crippen molar-refractivity contribution in [2.45, 2.75) is 20.0 Å². The third kappa shape index (κ3) is 2.92. The van der Waals surface area contributed by atoms with Gasteiger partial charge in [0.1, 0.15) is 6.10 Å². The summed E-state index contributed by atoms with van der Waals surface area (Å²) in [4.78, 5) is 25.4. The molecular formula is C10H18N2O3. The number of nitrogens with zero attached hydrogens (tertiary/aromatic N) is 2. The maximum Gasteiger partial charge on any atom is 0.251 e. The van der Waals surface area contributed by atoms with Crippen molar-refractivity contribution in [1.29, 1.82) is 0 Å². The van der Waals surface area contributed by atoms with E-state index >= 15 is 0 Å². The highest BCUT2D eigenvalue weighted by Gasteiger charge is 2.27. The molecule has 1 fully saturated rings. The fraction of sp³-hybridized carbons (Fsp3) is 0.800. The van der Waals surface area contributed by atoms with Crippen molar-refractivity contribution in [3.8, 4) is 0 Å². The molecule has 2 amide bonds. The number of hydrogen-bond acceptors (Lipinski definition) is 3. The van der Waals surface area contributed by atoms with Crippen molar-refractivity contribution in [3.63, 3.8) is 0 Å². The van der Waals surface area contributed by atoms with E-state index in [1.54, 1.807) is 9.80 Å². The summed E-state index contributed by atoms with van der Waals surface area (Å²) >= 11 is 0. The molecule has 0 aliphatic carbocycles. The molecule has 1 aliphatic heterocycles. The van der Waals surface area contributed by atoms with Gasteiger partial charge in [0.15, 0.2) is 0 Å². The lowest BCUT2D eigenvalue weighted by atomic mass is 10.1. The van der Waals surface area contributed by atoms with Crippen LogP contribution in [0.5, 0.6) is 0 Å². The number of rotatable bonds is 3. The number of piperazine rings is 1. The summed E-state index contributed by atoms with van der Waals surface area (Å²) in [7, 11) is 0. The number of amides is 2. The van der Waals surface area contributed by atoms with Crippen molar-refractivity contribution in [3.05, 3.63) is 0 Å². The van der Waals surface area contributed by atoms with Crippen LogP contribution in [-0.4, -0.2) is 59.5 Å². The molecule has 0 aromatic rings. The summed E-state index contributed by atoms with van der Waals surface area (Å²) in [6.45, 7) is 5.76. The molecule has 1 N–H and O–H groups in total. The minimum absolute atomic E-state index is 0.0680. The quantitative estimate of drug-likeness (QED) is 0.632. The SMILES string of the molecule is CC(C)C(O)C(=O)N1CCN(C=O)CC1. The minimum atomic E-state index is -0.923. The second kappa shape index (κ2) is 5.11. The number of aliphatic hydroxyl groups excluding tert-OH is 1. The van der Waals surface area contributed by atoms with Crippen molar-refractivity contribution in [1.82, 2.24) is 9.80 Å². The van der Waals surface area contributed by atoms with Gasteiger partial charge < -0.3 is 14.9 Å². The summed E-state index contributed by atoms with van der Waals surface area (Å²) in [5, 5.41) is 9.60. The van der Waals surface area contributed by atoms with Crippen LogP contribution in [0.1, 0.15) is 13.8 Å². The van der Waals surface area contributed by atoms with Crippen LogP contribution in [-0.2, 0) is 9.59 Å². The normalized spacial score (nSPS) is 19.2. The second-order valence-corrected chi connectivity index (χ2v) is 4.16. The highest BCUT2D eigenvalue weighted by molar-refractivity contribution is 5.81. The predicted molar refractivity (Wildman–Crippen MR) is 55.1 cm³/mol. The smallest absolute Gasteiger partial charge is 0.251 e. The van der Waals surface area contributed by atoms with Crippen molar-refractivity contribution in [2.75, 3.05) is 26.2 Å². The van der Waals surface area contributed by atoms with Gasteiger partial charge in [0.05, 0.1) is 0 Å². The van der Waals surface area contributed by atoms with Gasteiger partial charge >= 0.3 is 0 Å². The standard InChI is InChI=1S/C10H18N2O3/c1-8(2)9(14)10(15)12-5-3-11(7-13)4-6-12/h7-9,14H,3-6H2,1-2H3. The van der Waals surface area contributed by atoms with Gasteiger partial charge in [-0.2, -0.15) is 0 Å². The van der Waals surface area contributed by atoms with Gasteiger partial charge in [-0.1, -0.05) is 13.8 Å². The van der Waals surface area contributed by atoms with E-state index in [1.165, 1.54) is 0 Å². The van der Waals surface area contributed by atoms with Gasteiger partial charge in [-0.3, -0.25) is 9.59 Å². The molecule has 5 nitrogen and oxygen atoms in total. The van der Waals surface area contributed by atoms with Gasteiger partial charge in [-0.05, 0) is 5.92 Å².